The number of nitrogens with zero attached hydrogens (tertiary/aromatic N) is 5. The molecule has 0 aliphatic carbocycles. The topological polar surface area (TPSA) is 72.7 Å². The normalized spacial score (nSPS) is 17.8. The van der Waals surface area contributed by atoms with Gasteiger partial charge in [0.1, 0.15) is 36.6 Å². The molecule has 8 nitrogen and oxygen atoms in total. The van der Waals surface area contributed by atoms with Gasteiger partial charge in [-0.15, -0.1) is 0 Å². The minimum Gasteiger partial charge on any atom is -0.489 e. The van der Waals surface area contributed by atoms with E-state index in [9.17, 15) is 4.79 Å². The summed E-state index contributed by atoms with van der Waals surface area (Å²) < 4.78 is 14.2. The summed E-state index contributed by atoms with van der Waals surface area (Å²) in [6.07, 6.45) is 3.95. The number of hydrogen-bond donors (Lipinski definition) is 0. The third-order valence-electron chi connectivity index (χ3n) is 6.63. The van der Waals surface area contributed by atoms with Crippen LogP contribution in [0.1, 0.15) is 5.56 Å². The van der Waals surface area contributed by atoms with E-state index in [-0.39, 0.29) is 11.9 Å². The van der Waals surface area contributed by atoms with Crippen LogP contribution in [0.5, 0.6) is 5.75 Å². The highest BCUT2D eigenvalue weighted by atomic mass is 35.5. The fourth-order valence-electron chi connectivity index (χ4n) is 4.62. The number of halogens is 1. The Hall–Kier alpha value is -2.62. The van der Waals surface area contributed by atoms with Crippen LogP contribution in [0.2, 0.25) is 30.7 Å². The van der Waals surface area contributed by atoms with Gasteiger partial charge < -0.3 is 23.8 Å². The smallest absolute Gasteiger partial charge is 0.227 e. The molecule has 2 aliphatic rings. The van der Waals surface area contributed by atoms with E-state index >= 15 is 0 Å². The highest BCUT2D eigenvalue weighted by Gasteiger charge is 2.35. The Bertz CT molecular complexity index is 1210. The van der Waals surface area contributed by atoms with Gasteiger partial charge in [0.15, 0.2) is 5.65 Å². The van der Waals surface area contributed by atoms with E-state index in [1.165, 1.54) is 0 Å². The van der Waals surface area contributed by atoms with E-state index in [1.54, 1.807) is 6.33 Å². The number of carbonyl (C=O) groups excluding carboxylic acids is 1. The number of benzene rings is 1. The second-order valence-corrected chi connectivity index (χ2v) is 16.6. The van der Waals surface area contributed by atoms with Gasteiger partial charge in [-0.25, -0.2) is 9.97 Å². The van der Waals surface area contributed by atoms with Gasteiger partial charge in [-0.2, -0.15) is 0 Å². The molecule has 10 heteroatoms. The SMILES string of the molecule is C[Si](C)(C)CCOCn1cc2c3c(ncnc31)N1CCN(C(=O)Cc3ccc(Cl)cc3)CC1CO2. The van der Waals surface area contributed by atoms with Crippen molar-refractivity contribution in [3.8, 4) is 5.75 Å². The van der Waals surface area contributed by atoms with E-state index in [1.807, 2.05) is 39.9 Å². The van der Waals surface area contributed by atoms with E-state index in [0.29, 0.717) is 44.4 Å². The van der Waals surface area contributed by atoms with Crippen molar-refractivity contribution >= 4 is 42.4 Å². The lowest BCUT2D eigenvalue weighted by Gasteiger charge is -2.41. The Morgan fingerprint density at radius 2 is 2.00 bits per heavy atom. The fraction of sp³-hybridized carbons (Fsp3) is 0.480. The summed E-state index contributed by atoms with van der Waals surface area (Å²) in [5, 5.41) is 1.59. The van der Waals surface area contributed by atoms with E-state index < -0.39 is 8.07 Å². The molecule has 2 aromatic heterocycles. The molecule has 4 heterocycles. The average molecular weight is 514 g/mol. The summed E-state index contributed by atoms with van der Waals surface area (Å²) in [4.78, 5) is 26.4. The molecule has 35 heavy (non-hydrogen) atoms. The van der Waals surface area contributed by atoms with Crippen molar-refractivity contribution in [2.45, 2.75) is 44.9 Å². The van der Waals surface area contributed by atoms with Crippen LogP contribution in [0.25, 0.3) is 11.0 Å². The molecular weight excluding hydrogens is 482 g/mol. The molecule has 0 bridgehead atoms. The van der Waals surface area contributed by atoms with Gasteiger partial charge in [-0.1, -0.05) is 43.4 Å². The largest absolute Gasteiger partial charge is 0.489 e. The van der Waals surface area contributed by atoms with Crippen molar-refractivity contribution in [1.82, 2.24) is 19.4 Å². The summed E-state index contributed by atoms with van der Waals surface area (Å²) in [5.41, 5.74) is 1.79. The van der Waals surface area contributed by atoms with Crippen LogP contribution in [0.4, 0.5) is 5.82 Å². The summed E-state index contributed by atoms with van der Waals surface area (Å²) in [7, 11) is -1.14. The minimum atomic E-state index is -1.14. The Balaban J connectivity index is 1.29. The lowest BCUT2D eigenvalue weighted by molar-refractivity contribution is -0.131. The van der Waals surface area contributed by atoms with Gasteiger partial charge in [-0.05, 0) is 23.7 Å². The summed E-state index contributed by atoms with van der Waals surface area (Å²) in [5.74, 6) is 1.76. The van der Waals surface area contributed by atoms with Gasteiger partial charge in [0, 0.05) is 39.3 Å². The molecular formula is C25H32ClN5O3Si. The Kier molecular flexibility index (Phi) is 6.74. The van der Waals surface area contributed by atoms with Crippen LogP contribution in [-0.2, 0) is 22.7 Å². The predicted molar refractivity (Wildman–Crippen MR) is 140 cm³/mol. The monoisotopic (exact) mass is 513 g/mol. The van der Waals surface area contributed by atoms with Crippen LogP contribution >= 0.6 is 11.6 Å². The van der Waals surface area contributed by atoms with Crippen LogP contribution in [-0.4, -0.2) is 72.3 Å². The highest BCUT2D eigenvalue weighted by Crippen LogP contribution is 2.38. The van der Waals surface area contributed by atoms with E-state index in [4.69, 9.17) is 21.1 Å². The first-order valence-corrected chi connectivity index (χ1v) is 16.2. The predicted octanol–water partition coefficient (Wildman–Crippen LogP) is 4.05. The molecule has 1 atom stereocenters. The molecule has 2 aliphatic heterocycles. The zero-order chi connectivity index (χ0) is 24.6. The van der Waals surface area contributed by atoms with Crippen LogP contribution in [0, 0.1) is 0 Å². The Morgan fingerprint density at radius 1 is 1.20 bits per heavy atom. The maximum atomic E-state index is 13.0. The number of aromatic nitrogens is 3. The van der Waals surface area contributed by atoms with Gasteiger partial charge in [0.05, 0.1) is 18.7 Å². The van der Waals surface area contributed by atoms with Crippen LogP contribution in [0.15, 0.2) is 36.8 Å². The Labute approximate surface area is 211 Å². The standard InChI is InChI=1S/C25H32ClN5O3Si/c1-35(2,3)11-10-33-17-30-14-21-23-24(30)27-16-28-25(23)31-9-8-29(13-20(31)15-34-21)22(32)12-18-4-6-19(26)7-5-18/h4-7,14,16,20H,8-13,15,17H2,1-3H3. The molecule has 3 aromatic rings. The first kappa shape index (κ1) is 24.1. The summed E-state index contributed by atoms with van der Waals surface area (Å²) >= 11 is 5.98. The van der Waals surface area contributed by atoms with Crippen molar-refractivity contribution < 1.29 is 14.3 Å². The number of carbonyl (C=O) groups is 1. The van der Waals surface area contributed by atoms with Crippen molar-refractivity contribution in [2.24, 2.45) is 0 Å². The van der Waals surface area contributed by atoms with Gasteiger partial charge in [-0.3, -0.25) is 4.79 Å². The number of anilines is 1. The lowest BCUT2D eigenvalue weighted by atomic mass is 10.1. The zero-order valence-corrected chi connectivity index (χ0v) is 22.3. The molecule has 186 valence electrons. The zero-order valence-electron chi connectivity index (χ0n) is 20.5. The molecule has 0 spiro atoms. The van der Waals surface area contributed by atoms with Gasteiger partial charge in [0.25, 0.3) is 0 Å². The number of ether oxygens (including phenoxy) is 2. The molecule has 0 N–H and O–H groups in total. The molecule has 1 amide bonds. The average Bonchev–Trinajstić information content (AvgIpc) is 3.10. The fourth-order valence-corrected chi connectivity index (χ4v) is 5.50. The number of rotatable bonds is 7. The van der Waals surface area contributed by atoms with Gasteiger partial charge >= 0.3 is 0 Å². The van der Waals surface area contributed by atoms with Crippen molar-refractivity contribution in [3.05, 3.63) is 47.4 Å². The molecule has 0 radical (unpaired) electrons. The number of hydrogen-bond acceptors (Lipinski definition) is 6. The van der Waals surface area contributed by atoms with Crippen molar-refractivity contribution in [2.75, 3.05) is 37.7 Å². The summed E-state index contributed by atoms with van der Waals surface area (Å²) in [6.45, 7) is 10.7. The Morgan fingerprint density at radius 3 is 2.77 bits per heavy atom. The quantitative estimate of drug-likeness (QED) is 0.350. The second-order valence-electron chi connectivity index (χ2n) is 10.5. The van der Waals surface area contributed by atoms with Crippen LogP contribution < -0.4 is 9.64 Å². The first-order valence-electron chi connectivity index (χ1n) is 12.1. The third-order valence-corrected chi connectivity index (χ3v) is 8.59. The molecule has 1 saturated heterocycles. The second kappa shape index (κ2) is 9.79. The van der Waals surface area contributed by atoms with E-state index in [2.05, 4.69) is 34.5 Å². The molecule has 0 saturated carbocycles. The molecule has 1 aromatic carbocycles. The third kappa shape index (κ3) is 5.32. The molecule has 5 rings (SSSR count). The number of amides is 1. The van der Waals surface area contributed by atoms with Crippen molar-refractivity contribution in [1.29, 1.82) is 0 Å². The van der Waals surface area contributed by atoms with Crippen LogP contribution in [0.3, 0.4) is 0 Å². The maximum Gasteiger partial charge on any atom is 0.227 e. The van der Waals surface area contributed by atoms with Crippen molar-refractivity contribution in [3.63, 3.8) is 0 Å². The number of piperazine rings is 1. The lowest BCUT2D eigenvalue weighted by Crippen LogP contribution is -2.57. The van der Waals surface area contributed by atoms with Gasteiger partial charge in [0.2, 0.25) is 5.91 Å². The highest BCUT2D eigenvalue weighted by molar-refractivity contribution is 6.76. The maximum absolute atomic E-state index is 13.0. The molecule has 1 unspecified atom stereocenters. The minimum absolute atomic E-state index is 0.0323. The van der Waals surface area contributed by atoms with E-state index in [0.717, 1.165) is 40.8 Å². The number of fused-ring (bicyclic) bond motifs is 2. The first-order chi connectivity index (χ1) is 16.8. The molecule has 1 fully saturated rings. The summed E-state index contributed by atoms with van der Waals surface area (Å²) in [6, 6.07) is 8.61.